The minimum absolute atomic E-state index is 0.137. The number of hydrogen-bond donors (Lipinski definition) is 2. The summed E-state index contributed by atoms with van der Waals surface area (Å²) < 4.78 is 22.2. The SMILES string of the molecule is CC(C)(C)c1cc(C(C)(C)C)c2op(Oc3ccccc3-c3c4nc(c(-c5ccccc5)c5ccc([nH]5)c(-c5ccccc5)c5nc(c(-c6ccccc6)c6ccc3[nH]6)C=C5)C=C4)oc3c(C(C)(C)C)cc(C(C)(C)C)cc3c2c1. The highest BCUT2D eigenvalue weighted by Crippen LogP contribution is 2.49. The molecule has 6 aromatic carbocycles. The zero-order chi connectivity index (χ0) is 55.9. The Kier molecular flexibility index (Phi) is 12.9. The fourth-order valence-electron chi connectivity index (χ4n) is 11.1. The Morgan fingerprint density at radius 1 is 0.375 bits per heavy atom. The van der Waals surface area contributed by atoms with Crippen molar-refractivity contribution in [1.82, 2.24) is 19.9 Å². The predicted octanol–water partition coefficient (Wildman–Crippen LogP) is 21.0. The van der Waals surface area contributed by atoms with Crippen LogP contribution in [0.5, 0.6) is 5.75 Å². The topological polar surface area (TPSA) is 92.9 Å². The maximum absolute atomic E-state index is 7.40. The molecule has 6 heterocycles. The van der Waals surface area contributed by atoms with E-state index in [0.29, 0.717) is 5.75 Å². The molecule has 0 radical (unpaired) electrons. The quantitative estimate of drug-likeness (QED) is 0.173. The number of para-hydroxylation sites is 1. The van der Waals surface area contributed by atoms with Crippen molar-refractivity contribution in [3.05, 3.63) is 209 Å². The fourth-order valence-corrected chi connectivity index (χ4v) is 12.2. The first-order valence-corrected chi connectivity index (χ1v) is 28.9. The van der Waals surface area contributed by atoms with Crippen LogP contribution in [-0.4, -0.2) is 19.9 Å². The van der Waals surface area contributed by atoms with Crippen molar-refractivity contribution >= 4 is 76.5 Å². The summed E-state index contributed by atoms with van der Waals surface area (Å²) in [7, 11) is -2.13. The first kappa shape index (κ1) is 52.3. The predicted molar refractivity (Wildman–Crippen MR) is 338 cm³/mol. The van der Waals surface area contributed by atoms with Crippen LogP contribution in [0.2, 0.25) is 0 Å². The van der Waals surface area contributed by atoms with Gasteiger partial charge in [-0.05, 0) is 116 Å². The van der Waals surface area contributed by atoms with Gasteiger partial charge in [0.05, 0.1) is 22.8 Å². The van der Waals surface area contributed by atoms with Crippen LogP contribution >= 0.6 is 8.24 Å². The number of aromatic amines is 2. The van der Waals surface area contributed by atoms with E-state index in [0.717, 1.165) is 122 Å². The Balaban J connectivity index is 1.18. The Bertz CT molecular complexity index is 4210. The molecule has 0 unspecified atom stereocenters. The van der Waals surface area contributed by atoms with Crippen molar-refractivity contribution in [2.45, 2.75) is 105 Å². The maximum Gasteiger partial charge on any atom is 0.453 e. The Hall–Kier alpha value is -8.38. The van der Waals surface area contributed by atoms with E-state index in [9.17, 15) is 0 Å². The van der Waals surface area contributed by atoms with E-state index < -0.39 is 8.24 Å². The molecule has 400 valence electrons. The van der Waals surface area contributed by atoms with E-state index in [1.807, 2.05) is 12.1 Å². The molecule has 12 rings (SSSR count). The van der Waals surface area contributed by atoms with E-state index in [2.05, 4.69) is 269 Å². The Labute approximate surface area is 470 Å². The number of benzene rings is 6. The van der Waals surface area contributed by atoms with Gasteiger partial charge in [-0.25, -0.2) is 9.97 Å². The van der Waals surface area contributed by atoms with E-state index >= 15 is 0 Å². The van der Waals surface area contributed by atoms with E-state index in [-0.39, 0.29) is 21.7 Å². The van der Waals surface area contributed by atoms with Gasteiger partial charge in [-0.2, -0.15) is 0 Å². The summed E-state index contributed by atoms with van der Waals surface area (Å²) in [6, 6.07) is 57.7. The number of H-pyrrole nitrogens is 2. The van der Waals surface area contributed by atoms with Crippen molar-refractivity contribution in [2.75, 3.05) is 0 Å². The monoisotopic (exact) mass is 1070 g/mol. The maximum atomic E-state index is 7.40. The molecule has 0 spiro atoms. The van der Waals surface area contributed by atoms with Gasteiger partial charge in [-0.3, -0.25) is 0 Å². The van der Waals surface area contributed by atoms with Gasteiger partial charge >= 0.3 is 8.24 Å². The number of hydrogen-bond acceptors (Lipinski definition) is 5. The Morgan fingerprint density at radius 2 is 0.713 bits per heavy atom. The van der Waals surface area contributed by atoms with Gasteiger partial charge in [0.25, 0.3) is 0 Å². The molecule has 2 N–H and O–H groups in total. The van der Waals surface area contributed by atoms with Gasteiger partial charge in [-0.1, -0.05) is 204 Å². The highest BCUT2D eigenvalue weighted by molar-refractivity contribution is 7.32. The van der Waals surface area contributed by atoms with Crippen LogP contribution in [0, 0.1) is 0 Å². The normalized spacial score (nSPS) is 12.9. The molecule has 7 nitrogen and oxygen atoms in total. The summed E-state index contributed by atoms with van der Waals surface area (Å²) in [4.78, 5) is 18.9. The minimum atomic E-state index is -2.13. The largest absolute Gasteiger partial charge is 0.453 e. The van der Waals surface area contributed by atoms with Crippen LogP contribution in [-0.2, 0) is 21.7 Å². The summed E-state index contributed by atoms with van der Waals surface area (Å²) >= 11 is 0. The molecular weight excluding hydrogens is 1000 g/mol. The number of nitrogens with zero attached hydrogens (tertiary/aromatic N) is 2. The molecule has 2 aliphatic rings. The summed E-state index contributed by atoms with van der Waals surface area (Å²) in [6.07, 6.45) is 8.53. The van der Waals surface area contributed by atoms with Crippen LogP contribution in [0.25, 0.3) is 113 Å². The van der Waals surface area contributed by atoms with Gasteiger partial charge in [0.15, 0.2) is 0 Å². The van der Waals surface area contributed by atoms with Crippen molar-refractivity contribution in [2.24, 2.45) is 0 Å². The molecule has 10 aromatic rings. The first-order valence-electron chi connectivity index (χ1n) is 27.8. The van der Waals surface area contributed by atoms with E-state index in [4.69, 9.17) is 22.9 Å². The summed E-state index contributed by atoms with van der Waals surface area (Å²) in [5, 5.41) is 2.03. The van der Waals surface area contributed by atoms with Gasteiger partial charge in [0.1, 0.15) is 16.9 Å². The second-order valence-electron chi connectivity index (χ2n) is 25.4. The van der Waals surface area contributed by atoms with Gasteiger partial charge in [0, 0.05) is 71.8 Å². The molecule has 0 amide bonds. The van der Waals surface area contributed by atoms with Crippen LogP contribution in [0.4, 0.5) is 0 Å². The lowest BCUT2D eigenvalue weighted by molar-refractivity contribution is 0.489. The van der Waals surface area contributed by atoms with Crippen molar-refractivity contribution in [3.8, 4) is 50.3 Å². The summed E-state index contributed by atoms with van der Waals surface area (Å²) in [5.41, 5.74) is 20.1. The molecule has 0 aliphatic carbocycles. The van der Waals surface area contributed by atoms with Crippen molar-refractivity contribution in [3.63, 3.8) is 0 Å². The lowest BCUT2D eigenvalue weighted by Crippen LogP contribution is -2.17. The van der Waals surface area contributed by atoms with Crippen LogP contribution in [0.3, 0.4) is 0 Å². The highest BCUT2D eigenvalue weighted by Gasteiger charge is 2.30. The fraction of sp³-hybridized carbons (Fsp3) is 0.222. The van der Waals surface area contributed by atoms with Crippen LogP contribution in [0.15, 0.2) is 172 Å². The minimum Gasteiger partial charge on any atom is -0.390 e. The molecule has 2 aliphatic heterocycles. The average molecular weight is 1070 g/mol. The summed E-state index contributed by atoms with van der Waals surface area (Å²) in [6.45, 7) is 27.3. The molecule has 0 atom stereocenters. The molecule has 0 fully saturated rings. The van der Waals surface area contributed by atoms with Gasteiger partial charge < -0.3 is 22.9 Å². The lowest BCUT2D eigenvalue weighted by Gasteiger charge is -2.27. The third-order valence-electron chi connectivity index (χ3n) is 15.4. The number of aromatic nitrogens is 4. The standard InChI is InChI=1S/C72H69N4O3P/c1-69(2,3)47-40-50-51-41-48(70(4,5)6)43-53(72(10,11)12)68(51)79-80(78-67(50)52(42-47)71(7,8)9)77-62-31-23-22-30-49(62)66-60-38-36-58(75-60)64(45-26-18-14-19-27-45)56-34-32-54(73-56)63(44-24-16-13-17-25-44)55-33-35-57(74-55)65(46-28-20-15-21-29-46)59-37-39-61(66)76-59/h13-43,73,76H,1-12H3. The molecule has 80 heavy (non-hydrogen) atoms. The number of nitrogens with one attached hydrogen (secondary N) is 2. The van der Waals surface area contributed by atoms with E-state index in [1.54, 1.807) is 0 Å². The molecule has 0 saturated carbocycles. The first-order chi connectivity index (χ1) is 38.2. The van der Waals surface area contributed by atoms with Crippen LogP contribution < -0.4 is 4.52 Å². The van der Waals surface area contributed by atoms with Crippen LogP contribution in [0.1, 0.15) is 128 Å². The molecule has 8 bridgehead atoms. The second kappa shape index (κ2) is 19.8. The van der Waals surface area contributed by atoms with Crippen molar-refractivity contribution < 1.29 is 12.9 Å². The van der Waals surface area contributed by atoms with E-state index in [1.165, 1.54) is 11.1 Å². The molecule has 0 saturated heterocycles. The Morgan fingerprint density at radius 3 is 1.07 bits per heavy atom. The highest BCUT2D eigenvalue weighted by atomic mass is 31.1. The van der Waals surface area contributed by atoms with Gasteiger partial charge in [0.2, 0.25) is 0 Å². The third-order valence-corrected chi connectivity index (χ3v) is 16.4. The second-order valence-corrected chi connectivity index (χ2v) is 26.4. The zero-order valence-electron chi connectivity index (χ0n) is 48.0. The average Bonchev–Trinajstić information content (AvgIpc) is 4.39. The van der Waals surface area contributed by atoms with Gasteiger partial charge in [-0.15, -0.1) is 0 Å². The number of rotatable bonds is 6. The molecule has 8 heteroatoms. The summed E-state index contributed by atoms with van der Waals surface area (Å²) in [5.74, 6) is 0.598. The molecular formula is C72H69N4O3P. The third kappa shape index (κ3) is 9.83. The number of fused-ring (bicyclic) bond motifs is 11. The van der Waals surface area contributed by atoms with Crippen molar-refractivity contribution in [1.29, 1.82) is 0 Å². The lowest BCUT2D eigenvalue weighted by atomic mass is 9.77. The zero-order valence-corrected chi connectivity index (χ0v) is 48.9. The molecule has 4 aromatic heterocycles. The smallest absolute Gasteiger partial charge is 0.390 e.